The number of nitrogens with two attached hydrogens (primary N) is 2. The van der Waals surface area contributed by atoms with Crippen molar-refractivity contribution in [3.63, 3.8) is 0 Å². The first-order chi connectivity index (χ1) is 18.1. The van der Waals surface area contributed by atoms with Gasteiger partial charge in [-0.25, -0.2) is 28.3 Å². The summed E-state index contributed by atoms with van der Waals surface area (Å²) in [6, 6.07) is 8.45. The van der Waals surface area contributed by atoms with E-state index in [2.05, 4.69) is 15.3 Å². The molecule has 39 heavy (non-hydrogen) atoms. The van der Waals surface area contributed by atoms with Crippen molar-refractivity contribution >= 4 is 34.9 Å². The van der Waals surface area contributed by atoms with Gasteiger partial charge in [0.1, 0.15) is 30.2 Å². The Labute approximate surface area is 218 Å². The predicted molar refractivity (Wildman–Crippen MR) is 133 cm³/mol. The molecule has 0 spiro atoms. The van der Waals surface area contributed by atoms with Crippen LogP contribution in [0.4, 0.5) is 17.3 Å². The molecule has 0 saturated carbocycles. The number of ether oxygens (including phenoxy) is 1. The molecule has 0 unspecified atom stereocenters. The van der Waals surface area contributed by atoms with Crippen LogP contribution in [0.5, 0.6) is 0 Å². The molecule has 1 aliphatic rings. The van der Waals surface area contributed by atoms with E-state index < -0.39 is 59.3 Å². The topological polar surface area (TPSA) is 306 Å². The van der Waals surface area contributed by atoms with Crippen molar-refractivity contribution in [2.75, 3.05) is 17.7 Å². The van der Waals surface area contributed by atoms with E-state index in [1.54, 1.807) is 18.2 Å². The molecule has 1 aromatic carbocycles. The average molecular weight is 589 g/mol. The van der Waals surface area contributed by atoms with Gasteiger partial charge in [0.2, 0.25) is 15.4 Å². The van der Waals surface area contributed by atoms with Gasteiger partial charge in [-0.2, -0.15) is 0 Å². The number of primary sulfonamides is 1. The molecule has 11 N–H and O–H groups in total. The number of sulfonamides is 1. The van der Waals surface area contributed by atoms with Crippen LogP contribution >= 0.6 is 7.60 Å². The zero-order valence-electron chi connectivity index (χ0n) is 19.6. The lowest BCUT2D eigenvalue weighted by atomic mass is 10.1. The second kappa shape index (κ2) is 11.3. The molecular weight excluding hydrogens is 565 g/mol. The number of hydrogen-bond acceptors (Lipinski definition) is 13. The quantitative estimate of drug-likeness (QED) is 0.130. The normalized spacial score (nSPS) is 23.1. The highest BCUT2D eigenvalue weighted by Gasteiger charge is 2.65. The maximum Gasteiger partial charge on any atom is 0.362 e. The van der Waals surface area contributed by atoms with Gasteiger partial charge in [-0.1, -0.05) is 0 Å². The molecule has 212 valence electrons. The lowest BCUT2D eigenvalue weighted by Gasteiger charge is -2.30. The third kappa shape index (κ3) is 6.56. The zero-order chi connectivity index (χ0) is 29.2. The van der Waals surface area contributed by atoms with Crippen LogP contribution in [0.3, 0.4) is 0 Å². The molecule has 4 rings (SSSR count). The van der Waals surface area contributed by atoms with Gasteiger partial charge < -0.3 is 40.9 Å². The van der Waals surface area contributed by atoms with Gasteiger partial charge >= 0.3 is 13.3 Å². The second-order valence-electron chi connectivity index (χ2n) is 8.01. The summed E-state index contributed by atoms with van der Waals surface area (Å²) in [5.74, 6) is 0.861. The summed E-state index contributed by atoms with van der Waals surface area (Å²) >= 11 is 0. The Bertz CT molecular complexity index is 1590. The number of anilines is 3. The monoisotopic (exact) mass is 589 g/mol. The predicted octanol–water partition coefficient (Wildman–Crippen LogP) is -2.90. The van der Waals surface area contributed by atoms with Crippen molar-refractivity contribution in [3.05, 3.63) is 69.8 Å². The highest BCUT2D eigenvalue weighted by Crippen LogP contribution is 2.58. The molecule has 0 amide bonds. The maximum atomic E-state index is 11.6. The van der Waals surface area contributed by atoms with Gasteiger partial charge in [-0.05, 0) is 24.3 Å². The molecule has 2 aromatic heterocycles. The number of benzene rings is 1. The summed E-state index contributed by atoms with van der Waals surface area (Å²) in [6.45, 7) is -1.01. The van der Waals surface area contributed by atoms with E-state index in [0.29, 0.717) is 21.9 Å². The van der Waals surface area contributed by atoms with E-state index in [4.69, 9.17) is 20.7 Å². The molecular formula is C19H24N7O11PS. The summed E-state index contributed by atoms with van der Waals surface area (Å²) in [6.07, 6.45) is -3.47. The molecule has 3 heterocycles. The van der Waals surface area contributed by atoms with Crippen molar-refractivity contribution < 1.29 is 42.8 Å². The number of aromatic nitrogens is 4. The molecule has 0 bridgehead atoms. The third-order valence-electron chi connectivity index (χ3n) is 5.38. The van der Waals surface area contributed by atoms with Crippen LogP contribution in [0.15, 0.2) is 63.4 Å². The summed E-state index contributed by atoms with van der Waals surface area (Å²) < 4.78 is 39.1. The highest BCUT2D eigenvalue weighted by molar-refractivity contribution is 7.89. The molecule has 1 aliphatic heterocycles. The summed E-state index contributed by atoms with van der Waals surface area (Å²) in [7, 11) is -8.98. The van der Waals surface area contributed by atoms with E-state index in [-0.39, 0.29) is 4.90 Å². The molecule has 20 heteroatoms. The Hall–Kier alpha value is -3.52. The van der Waals surface area contributed by atoms with Crippen molar-refractivity contribution in [1.82, 2.24) is 19.5 Å². The number of hydrogen-bond donors (Lipinski definition) is 9. The van der Waals surface area contributed by atoms with Crippen LogP contribution in [0.1, 0.15) is 6.23 Å². The molecule has 4 atom stereocenters. The Morgan fingerprint density at radius 3 is 2.31 bits per heavy atom. The molecule has 1 fully saturated rings. The van der Waals surface area contributed by atoms with Gasteiger partial charge in [0.05, 0.1) is 11.5 Å². The molecule has 1 saturated heterocycles. The average Bonchev–Trinajstić information content (AvgIpc) is 3.10. The van der Waals surface area contributed by atoms with E-state index in [0.717, 1.165) is 12.3 Å². The van der Waals surface area contributed by atoms with E-state index >= 15 is 0 Å². The first-order valence-electron chi connectivity index (χ1n) is 10.6. The summed E-state index contributed by atoms with van der Waals surface area (Å²) in [5.41, 5.74) is 4.43. The van der Waals surface area contributed by atoms with Crippen molar-refractivity contribution in [2.24, 2.45) is 5.14 Å². The first kappa shape index (κ1) is 30.0. The Balaban J connectivity index is 0.000000218. The SMILES string of the molecule is Nc1cc(Nc2ccc(S(N)(=O)=O)cc2)ncn1.O=c1ccn([C@@H]2O[C@H](CO)[C@](O)(P(=O)(O)O)[C@@H]2O)c(=O)[nH]1. The number of H-pyrrole nitrogens is 1. The molecule has 3 aromatic rings. The van der Waals surface area contributed by atoms with Crippen LogP contribution in [-0.2, 0) is 19.3 Å². The van der Waals surface area contributed by atoms with Gasteiger partial charge in [-0.15, -0.1) is 0 Å². The third-order valence-corrected chi connectivity index (χ3v) is 7.80. The maximum absolute atomic E-state index is 11.6. The van der Waals surface area contributed by atoms with Crippen molar-refractivity contribution in [3.8, 4) is 0 Å². The molecule has 0 radical (unpaired) electrons. The smallest absolute Gasteiger partial charge is 0.362 e. The Kier molecular flexibility index (Phi) is 8.70. The van der Waals surface area contributed by atoms with Gasteiger partial charge in [0, 0.05) is 24.0 Å². The highest BCUT2D eigenvalue weighted by atomic mass is 32.2. The number of nitrogens with zero attached hydrogens (tertiary/aromatic N) is 3. The van der Waals surface area contributed by atoms with Crippen LogP contribution < -0.4 is 27.4 Å². The number of aromatic amines is 1. The van der Waals surface area contributed by atoms with E-state index in [1.165, 1.54) is 18.5 Å². The summed E-state index contributed by atoms with van der Waals surface area (Å²) in [4.78, 5) is 50.6. The fourth-order valence-corrected chi connectivity index (χ4v) is 4.95. The fraction of sp³-hybridized carbons (Fsp3) is 0.263. The van der Waals surface area contributed by atoms with Crippen LogP contribution in [-0.4, -0.2) is 77.2 Å². The molecule has 0 aliphatic carbocycles. The van der Waals surface area contributed by atoms with E-state index in [1.807, 2.05) is 4.98 Å². The second-order valence-corrected chi connectivity index (χ2v) is 11.4. The zero-order valence-corrected chi connectivity index (χ0v) is 21.3. The number of nitrogen functional groups attached to an aromatic ring is 1. The minimum atomic E-state index is -5.30. The number of rotatable bonds is 6. The van der Waals surface area contributed by atoms with Gasteiger partial charge in [0.15, 0.2) is 6.23 Å². The Morgan fingerprint density at radius 2 is 1.82 bits per heavy atom. The number of nitrogens with one attached hydrogen (secondary N) is 2. The lowest BCUT2D eigenvalue weighted by Crippen LogP contribution is -2.49. The van der Waals surface area contributed by atoms with Gasteiger partial charge in [0.25, 0.3) is 5.56 Å². The first-order valence-corrected chi connectivity index (χ1v) is 13.7. The fourth-order valence-electron chi connectivity index (χ4n) is 3.44. The van der Waals surface area contributed by atoms with Crippen LogP contribution in [0.2, 0.25) is 0 Å². The van der Waals surface area contributed by atoms with Gasteiger partial charge in [-0.3, -0.25) is 18.9 Å². The number of aliphatic hydroxyl groups is 3. The van der Waals surface area contributed by atoms with Crippen molar-refractivity contribution in [1.29, 1.82) is 0 Å². The van der Waals surface area contributed by atoms with Crippen molar-refractivity contribution in [2.45, 2.75) is 28.7 Å². The largest absolute Gasteiger partial charge is 0.394 e. The standard InChI is InChI=1S/C10H11N5O2S.C9H13N2O9P/c11-9-5-10(14-6-13-9)15-7-1-3-8(4-2-7)18(12,16)17;12-3-4-9(16,21(17,18)19)6(14)7(20-4)11-2-1-5(13)10-8(11)15/h1-6H,(H2,12,16,17)(H3,11,13,14,15);1-2,4,6-7,12,14,16H,3H2,(H,10,13,15)(H2,17,18,19)/t;4-,6-,7-,9+/m.1/s1. The Morgan fingerprint density at radius 1 is 1.18 bits per heavy atom. The van der Waals surface area contributed by atoms with E-state index in [9.17, 15) is 42.6 Å². The van der Waals surface area contributed by atoms with Crippen LogP contribution in [0.25, 0.3) is 0 Å². The minimum Gasteiger partial charge on any atom is -0.394 e. The summed E-state index contributed by atoms with van der Waals surface area (Å²) in [5, 5.41) is 34.0. The minimum absolute atomic E-state index is 0.0512. The molecule has 18 nitrogen and oxygen atoms in total. The lowest BCUT2D eigenvalue weighted by molar-refractivity contribution is -0.0615. The van der Waals surface area contributed by atoms with Crippen LogP contribution in [0, 0.1) is 0 Å². The number of aliphatic hydroxyl groups excluding tert-OH is 2.